The average molecular weight is 407 g/mol. The molecule has 2 aliphatic rings. The van der Waals surface area contributed by atoms with Gasteiger partial charge in [0.05, 0.1) is 16.7 Å². The number of imide groups is 1. The molecule has 0 aliphatic carbocycles. The molecular weight excluding hydrogens is 386 g/mol. The predicted octanol–water partition coefficient (Wildman–Crippen LogP) is 1.36. The Morgan fingerprint density at radius 3 is 1.90 bits per heavy atom. The second-order valence-electron chi connectivity index (χ2n) is 7.34. The Morgan fingerprint density at radius 2 is 1.33 bits per heavy atom. The minimum atomic E-state index is -0.933. The first-order valence-corrected chi connectivity index (χ1v) is 9.73. The van der Waals surface area contributed by atoms with Gasteiger partial charge >= 0.3 is 0 Å². The number of phenols is 1. The molecule has 0 bridgehead atoms. The lowest BCUT2D eigenvalue weighted by molar-refractivity contribution is -0.136. The fourth-order valence-corrected chi connectivity index (χ4v) is 3.89. The molecule has 1 atom stereocenters. The molecule has 1 N–H and O–H groups in total. The number of fused-ring (bicyclic) bond motifs is 1. The van der Waals surface area contributed by atoms with Crippen molar-refractivity contribution in [3.05, 3.63) is 65.2 Å². The van der Waals surface area contributed by atoms with Gasteiger partial charge in [0.15, 0.2) is 0 Å². The lowest BCUT2D eigenvalue weighted by atomic mass is 10.1. The van der Waals surface area contributed by atoms with E-state index in [1.165, 1.54) is 6.07 Å². The number of piperazine rings is 1. The summed E-state index contributed by atoms with van der Waals surface area (Å²) in [6, 6.07) is 11.9. The molecule has 2 aromatic carbocycles. The number of rotatable bonds is 3. The normalized spacial score (nSPS) is 17.2. The van der Waals surface area contributed by atoms with Crippen LogP contribution in [0.5, 0.6) is 5.75 Å². The minimum Gasteiger partial charge on any atom is -0.507 e. The van der Waals surface area contributed by atoms with Crippen LogP contribution in [0.1, 0.15) is 38.0 Å². The second-order valence-corrected chi connectivity index (χ2v) is 7.34. The largest absolute Gasteiger partial charge is 0.507 e. The molecule has 1 fully saturated rings. The first kappa shape index (κ1) is 19.6. The van der Waals surface area contributed by atoms with Gasteiger partial charge in [-0.3, -0.25) is 24.1 Å². The van der Waals surface area contributed by atoms with Crippen LogP contribution in [0.4, 0.5) is 0 Å². The maximum atomic E-state index is 13.0. The predicted molar refractivity (Wildman–Crippen MR) is 107 cm³/mol. The molecule has 2 heterocycles. The average Bonchev–Trinajstić information content (AvgIpc) is 3.03. The SMILES string of the molecule is CC(C(=O)N1CCN(C(=O)c2ccccc2O)CC1)N1C(=O)c2ccccc2C1=O. The van der Waals surface area contributed by atoms with Gasteiger partial charge in [-0.15, -0.1) is 0 Å². The number of nitrogens with zero attached hydrogens (tertiary/aromatic N) is 3. The topological polar surface area (TPSA) is 98.2 Å². The summed E-state index contributed by atoms with van der Waals surface area (Å²) in [5.74, 6) is -1.65. The number of para-hydroxylation sites is 1. The lowest BCUT2D eigenvalue weighted by Crippen LogP contribution is -2.56. The molecule has 0 spiro atoms. The molecule has 8 heteroatoms. The van der Waals surface area contributed by atoms with Crippen LogP contribution in [0.25, 0.3) is 0 Å². The van der Waals surface area contributed by atoms with E-state index in [1.54, 1.807) is 59.2 Å². The van der Waals surface area contributed by atoms with E-state index in [4.69, 9.17) is 0 Å². The first-order chi connectivity index (χ1) is 14.4. The number of aromatic hydroxyl groups is 1. The van der Waals surface area contributed by atoms with Crippen LogP contribution in [0.15, 0.2) is 48.5 Å². The molecule has 8 nitrogen and oxygen atoms in total. The summed E-state index contributed by atoms with van der Waals surface area (Å²) in [7, 11) is 0. The van der Waals surface area contributed by atoms with Gasteiger partial charge < -0.3 is 14.9 Å². The number of hydrogen-bond acceptors (Lipinski definition) is 5. The monoisotopic (exact) mass is 407 g/mol. The zero-order valence-corrected chi connectivity index (χ0v) is 16.4. The first-order valence-electron chi connectivity index (χ1n) is 9.73. The van der Waals surface area contributed by atoms with Crippen molar-refractivity contribution < 1.29 is 24.3 Å². The smallest absolute Gasteiger partial charge is 0.262 e. The number of hydrogen-bond donors (Lipinski definition) is 1. The summed E-state index contributed by atoms with van der Waals surface area (Å²) in [4.78, 5) is 55.0. The van der Waals surface area contributed by atoms with E-state index in [0.717, 1.165) is 4.90 Å². The van der Waals surface area contributed by atoms with Gasteiger partial charge in [0, 0.05) is 26.2 Å². The van der Waals surface area contributed by atoms with Crippen molar-refractivity contribution in [2.45, 2.75) is 13.0 Å². The minimum absolute atomic E-state index is 0.0831. The third-order valence-corrected chi connectivity index (χ3v) is 5.58. The molecule has 1 unspecified atom stereocenters. The Kier molecular flexibility index (Phi) is 4.99. The molecule has 4 amide bonds. The summed E-state index contributed by atoms with van der Waals surface area (Å²) >= 11 is 0. The van der Waals surface area contributed by atoms with Crippen molar-refractivity contribution in [1.82, 2.24) is 14.7 Å². The Balaban J connectivity index is 1.41. The molecule has 154 valence electrons. The van der Waals surface area contributed by atoms with Crippen LogP contribution < -0.4 is 0 Å². The number of carbonyl (C=O) groups excluding carboxylic acids is 4. The Bertz CT molecular complexity index is 1010. The van der Waals surface area contributed by atoms with E-state index >= 15 is 0 Å². The maximum absolute atomic E-state index is 13.0. The van der Waals surface area contributed by atoms with Crippen molar-refractivity contribution >= 4 is 23.6 Å². The van der Waals surface area contributed by atoms with E-state index in [0.29, 0.717) is 24.2 Å². The van der Waals surface area contributed by atoms with Gasteiger partial charge in [0.2, 0.25) is 5.91 Å². The highest BCUT2D eigenvalue weighted by Gasteiger charge is 2.42. The molecule has 0 radical (unpaired) electrons. The Labute approximate surface area is 173 Å². The summed E-state index contributed by atoms with van der Waals surface area (Å²) in [6.07, 6.45) is 0. The van der Waals surface area contributed by atoms with Gasteiger partial charge in [-0.25, -0.2) is 0 Å². The standard InChI is InChI=1S/C22H21N3O5/c1-14(25-21(29)15-6-2-3-7-16(15)22(25)30)19(27)23-10-12-24(13-11-23)20(28)17-8-4-5-9-18(17)26/h2-9,14,26H,10-13H2,1H3. The molecule has 4 rings (SSSR count). The van der Waals surface area contributed by atoms with Gasteiger partial charge in [0.25, 0.3) is 17.7 Å². The molecular formula is C22H21N3O5. The van der Waals surface area contributed by atoms with Crippen LogP contribution in [-0.4, -0.2) is 75.7 Å². The number of phenolic OH excluding ortho intramolecular Hbond substituents is 1. The summed E-state index contributed by atoms with van der Waals surface area (Å²) < 4.78 is 0. The van der Waals surface area contributed by atoms with Crippen molar-refractivity contribution in [2.24, 2.45) is 0 Å². The van der Waals surface area contributed by atoms with Crippen molar-refractivity contribution in [2.75, 3.05) is 26.2 Å². The number of carbonyl (C=O) groups is 4. The van der Waals surface area contributed by atoms with Crippen molar-refractivity contribution in [1.29, 1.82) is 0 Å². The fourth-order valence-electron chi connectivity index (χ4n) is 3.89. The van der Waals surface area contributed by atoms with E-state index in [9.17, 15) is 24.3 Å². The molecule has 2 aliphatic heterocycles. The molecule has 2 aromatic rings. The Hall–Kier alpha value is -3.68. The van der Waals surface area contributed by atoms with Gasteiger partial charge in [-0.2, -0.15) is 0 Å². The van der Waals surface area contributed by atoms with Gasteiger partial charge in [0.1, 0.15) is 11.8 Å². The van der Waals surface area contributed by atoms with Crippen molar-refractivity contribution in [3.8, 4) is 5.75 Å². The van der Waals surface area contributed by atoms with E-state index < -0.39 is 17.9 Å². The summed E-state index contributed by atoms with van der Waals surface area (Å²) in [5.41, 5.74) is 0.831. The highest BCUT2D eigenvalue weighted by molar-refractivity contribution is 6.22. The third kappa shape index (κ3) is 3.20. The molecule has 0 saturated carbocycles. The zero-order valence-electron chi connectivity index (χ0n) is 16.4. The summed E-state index contributed by atoms with van der Waals surface area (Å²) in [5, 5.41) is 9.89. The Morgan fingerprint density at radius 1 is 0.833 bits per heavy atom. The second kappa shape index (κ2) is 7.62. The molecule has 30 heavy (non-hydrogen) atoms. The highest BCUT2D eigenvalue weighted by Crippen LogP contribution is 2.25. The quantitative estimate of drug-likeness (QED) is 0.775. The number of amides is 4. The summed E-state index contributed by atoms with van der Waals surface area (Å²) in [6.45, 7) is 2.71. The van der Waals surface area contributed by atoms with Crippen LogP contribution in [-0.2, 0) is 4.79 Å². The fraction of sp³-hybridized carbons (Fsp3) is 0.273. The highest BCUT2D eigenvalue weighted by atomic mass is 16.3. The van der Waals surface area contributed by atoms with E-state index in [-0.39, 0.29) is 36.2 Å². The maximum Gasteiger partial charge on any atom is 0.262 e. The van der Waals surface area contributed by atoms with E-state index in [1.807, 2.05) is 0 Å². The third-order valence-electron chi connectivity index (χ3n) is 5.58. The molecule has 0 aromatic heterocycles. The zero-order chi connectivity index (χ0) is 21.4. The van der Waals surface area contributed by atoms with Crippen LogP contribution in [0.2, 0.25) is 0 Å². The van der Waals surface area contributed by atoms with Crippen LogP contribution in [0, 0.1) is 0 Å². The lowest BCUT2D eigenvalue weighted by Gasteiger charge is -2.37. The van der Waals surface area contributed by atoms with Gasteiger partial charge in [-0.1, -0.05) is 24.3 Å². The van der Waals surface area contributed by atoms with E-state index in [2.05, 4.69) is 0 Å². The van der Waals surface area contributed by atoms with Gasteiger partial charge in [-0.05, 0) is 31.2 Å². The van der Waals surface area contributed by atoms with Crippen LogP contribution in [0.3, 0.4) is 0 Å². The van der Waals surface area contributed by atoms with Crippen LogP contribution >= 0.6 is 0 Å². The van der Waals surface area contributed by atoms with Crippen molar-refractivity contribution in [3.63, 3.8) is 0 Å². The number of benzene rings is 2. The molecule has 1 saturated heterocycles.